The van der Waals surface area contributed by atoms with Crippen molar-refractivity contribution < 1.29 is 10.9 Å². The van der Waals surface area contributed by atoms with Crippen LogP contribution in [0.5, 0.6) is 0 Å². The number of benzene rings is 6. The predicted molar refractivity (Wildman–Crippen MR) is 217 cm³/mol. The molecule has 0 aliphatic rings. The maximum absolute atomic E-state index is 3.00. The standard InChI is InChI=1S/2C21H21P.2BrH.Ni/c2*1-16-4-10-19(11-5-16)22(20-12-6-17(2)7-13-20)21-14-8-18(3)9-15-21;;;/h2*4-15H,1-3H3;2*1H;/q;;;;+2/p-2. The summed E-state index contributed by atoms with van der Waals surface area (Å²) in [6, 6.07) is 53.9. The average molecular weight is 827 g/mol. The predicted octanol–water partition coefficient (Wildman–Crippen LogP) is 10.4. The molecule has 0 nitrogen and oxygen atoms in total. The second-order valence-electron chi connectivity index (χ2n) is 11.7. The van der Waals surface area contributed by atoms with Gasteiger partial charge < -0.3 is 0 Å². The Morgan fingerprint density at radius 2 is 0.383 bits per heavy atom. The van der Waals surface area contributed by atoms with Gasteiger partial charge in [0.2, 0.25) is 0 Å². The van der Waals surface area contributed by atoms with Crippen LogP contribution in [0, 0.1) is 41.5 Å². The van der Waals surface area contributed by atoms with Crippen molar-refractivity contribution in [2.24, 2.45) is 0 Å². The topological polar surface area (TPSA) is 0 Å². The summed E-state index contributed by atoms with van der Waals surface area (Å²) < 4.78 is 0. The number of aryl methyl sites for hydroxylation is 6. The first-order valence-electron chi connectivity index (χ1n) is 15.5. The van der Waals surface area contributed by atoms with Crippen molar-refractivity contribution >= 4 is 76.1 Å². The van der Waals surface area contributed by atoms with Gasteiger partial charge in [-0.1, -0.05) is 179 Å². The molecule has 5 heteroatoms. The van der Waals surface area contributed by atoms with Crippen LogP contribution in [0.1, 0.15) is 33.4 Å². The van der Waals surface area contributed by atoms with E-state index in [1.165, 1.54) is 76.1 Å². The van der Waals surface area contributed by atoms with E-state index >= 15 is 0 Å². The summed E-state index contributed by atoms with van der Waals surface area (Å²) in [4.78, 5) is 0. The Bertz CT molecular complexity index is 1430. The molecule has 0 N–H and O–H groups in total. The summed E-state index contributed by atoms with van der Waals surface area (Å²) >= 11 is 6.00. The van der Waals surface area contributed by atoms with Crippen molar-refractivity contribution in [3.05, 3.63) is 179 Å². The van der Waals surface area contributed by atoms with Gasteiger partial charge in [0.05, 0.1) is 0 Å². The van der Waals surface area contributed by atoms with E-state index < -0.39 is 15.8 Å². The maximum atomic E-state index is 3.00. The SMILES string of the molecule is Cc1ccc(P(c2ccc(C)cc2)c2ccc(C)cc2)cc1.Cc1ccc(P(c2ccc(C)cc2)c2ccc(C)cc2)cc1.[Br][Ni][Br]. The third-order valence-electron chi connectivity index (χ3n) is 7.75. The zero-order chi connectivity index (χ0) is 33.8. The number of halogens is 2. The fourth-order valence-electron chi connectivity index (χ4n) is 5.06. The van der Waals surface area contributed by atoms with Crippen molar-refractivity contribution in [1.82, 2.24) is 0 Å². The van der Waals surface area contributed by atoms with Gasteiger partial charge >= 0.3 is 39.3 Å². The van der Waals surface area contributed by atoms with E-state index in [0.717, 1.165) is 0 Å². The zero-order valence-electron chi connectivity index (χ0n) is 27.8. The first kappa shape index (κ1) is 37.5. The Kier molecular flexibility index (Phi) is 15.1. The van der Waals surface area contributed by atoms with Gasteiger partial charge in [-0.2, -0.15) is 0 Å². The molecule has 0 aliphatic heterocycles. The summed E-state index contributed by atoms with van der Waals surface area (Å²) in [6.07, 6.45) is 0. The second-order valence-corrected chi connectivity index (χ2v) is 21.2. The number of rotatable bonds is 6. The molecule has 0 unspecified atom stereocenters. The van der Waals surface area contributed by atoms with E-state index in [0.29, 0.717) is 0 Å². The van der Waals surface area contributed by atoms with Crippen LogP contribution in [0.2, 0.25) is 0 Å². The number of hydrogen-bond donors (Lipinski definition) is 0. The third kappa shape index (κ3) is 11.3. The third-order valence-corrected chi connectivity index (χ3v) is 12.6. The van der Waals surface area contributed by atoms with E-state index in [9.17, 15) is 0 Å². The Hall–Kier alpha value is -2.37. The summed E-state index contributed by atoms with van der Waals surface area (Å²) in [6.45, 7) is 12.9. The monoisotopic (exact) mass is 824 g/mol. The fraction of sp³-hybridized carbons (Fsp3) is 0.143. The fourth-order valence-corrected chi connectivity index (χ4v) is 9.53. The van der Waals surface area contributed by atoms with Crippen LogP contribution in [0.15, 0.2) is 146 Å². The summed E-state index contributed by atoms with van der Waals surface area (Å²) in [5, 5.41) is 8.46. The van der Waals surface area contributed by atoms with Gasteiger partial charge in [0.15, 0.2) is 0 Å². The van der Waals surface area contributed by atoms with Gasteiger partial charge in [0, 0.05) is 0 Å². The van der Waals surface area contributed by atoms with E-state index in [2.05, 4.69) is 216 Å². The van der Waals surface area contributed by atoms with E-state index in [1.807, 2.05) is 0 Å². The van der Waals surface area contributed by atoms with Crippen molar-refractivity contribution in [3.8, 4) is 0 Å². The van der Waals surface area contributed by atoms with Gasteiger partial charge in [-0.25, -0.2) is 0 Å². The Morgan fingerprint density at radius 1 is 0.277 bits per heavy atom. The normalized spacial score (nSPS) is 10.7. The molecular weight excluding hydrogens is 785 g/mol. The van der Waals surface area contributed by atoms with Gasteiger partial charge in [0.1, 0.15) is 0 Å². The molecule has 0 saturated heterocycles. The second kappa shape index (κ2) is 19.0. The molecular formula is C42H42Br2NiP2. The zero-order valence-corrected chi connectivity index (χ0v) is 33.8. The van der Waals surface area contributed by atoms with Crippen LogP contribution < -0.4 is 31.8 Å². The van der Waals surface area contributed by atoms with Crippen LogP contribution in [0.3, 0.4) is 0 Å². The van der Waals surface area contributed by atoms with E-state index in [1.54, 1.807) is 0 Å². The van der Waals surface area contributed by atoms with Gasteiger partial charge in [-0.3, -0.25) is 0 Å². The van der Waals surface area contributed by atoms with Crippen molar-refractivity contribution in [2.75, 3.05) is 0 Å². The molecule has 0 aromatic heterocycles. The Balaban J connectivity index is 0.000000197. The summed E-state index contributed by atoms with van der Waals surface area (Å²) in [5.41, 5.74) is 7.87. The molecule has 0 spiro atoms. The molecule has 47 heavy (non-hydrogen) atoms. The minimum atomic E-state index is -0.483. The van der Waals surface area contributed by atoms with E-state index in [4.69, 9.17) is 0 Å². The molecule has 0 atom stereocenters. The Labute approximate surface area is 305 Å². The quantitative estimate of drug-likeness (QED) is 0.116. The molecule has 0 radical (unpaired) electrons. The summed E-state index contributed by atoms with van der Waals surface area (Å²) in [5.74, 6) is 0. The van der Waals surface area contributed by atoms with Crippen molar-refractivity contribution in [1.29, 1.82) is 0 Å². The Morgan fingerprint density at radius 3 is 0.489 bits per heavy atom. The molecule has 0 fully saturated rings. The molecule has 0 aliphatic carbocycles. The average Bonchev–Trinajstić information content (AvgIpc) is 3.07. The van der Waals surface area contributed by atoms with Gasteiger partial charge in [0.25, 0.3) is 0 Å². The first-order chi connectivity index (χ1) is 22.7. The van der Waals surface area contributed by atoms with Gasteiger partial charge in [-0.05, 0) is 89.2 Å². The van der Waals surface area contributed by atoms with Crippen LogP contribution in [0.25, 0.3) is 0 Å². The van der Waals surface area contributed by atoms with Crippen LogP contribution in [-0.4, -0.2) is 0 Å². The summed E-state index contributed by atoms with van der Waals surface area (Å²) in [7, 11) is 0.284. The van der Waals surface area contributed by atoms with Gasteiger partial charge in [-0.15, -0.1) is 0 Å². The molecule has 0 bridgehead atoms. The van der Waals surface area contributed by atoms with E-state index in [-0.39, 0.29) is 0 Å². The molecule has 6 aromatic rings. The van der Waals surface area contributed by atoms with Crippen molar-refractivity contribution in [3.63, 3.8) is 0 Å². The molecule has 244 valence electrons. The van der Waals surface area contributed by atoms with Crippen LogP contribution in [0.4, 0.5) is 0 Å². The van der Waals surface area contributed by atoms with Crippen molar-refractivity contribution in [2.45, 2.75) is 41.5 Å². The molecule has 6 aromatic carbocycles. The molecule has 6 rings (SSSR count). The molecule has 0 amide bonds. The van der Waals surface area contributed by atoms with Crippen LogP contribution in [-0.2, 0) is 10.9 Å². The number of hydrogen-bond acceptors (Lipinski definition) is 0. The molecule has 0 heterocycles. The molecule has 0 saturated carbocycles. The van der Waals surface area contributed by atoms with Crippen LogP contribution >= 0.6 is 44.3 Å². The minimum absolute atomic E-state index is 0.483. The first-order valence-corrected chi connectivity index (χ1v) is 23.1.